The van der Waals surface area contributed by atoms with Crippen LogP contribution in [0.15, 0.2) is 18.5 Å². The van der Waals surface area contributed by atoms with Gasteiger partial charge in [0.25, 0.3) is 0 Å². The van der Waals surface area contributed by atoms with Crippen molar-refractivity contribution in [2.75, 3.05) is 36.0 Å². The summed E-state index contributed by atoms with van der Waals surface area (Å²) in [6.45, 7) is 4.86. The van der Waals surface area contributed by atoms with E-state index in [2.05, 4.69) is 29.9 Å². The molecule has 0 aromatic carbocycles. The van der Waals surface area contributed by atoms with Gasteiger partial charge in [-0.15, -0.1) is 0 Å². The lowest BCUT2D eigenvalue weighted by Gasteiger charge is -2.36. The Morgan fingerprint density at radius 1 is 1.11 bits per heavy atom. The van der Waals surface area contributed by atoms with Gasteiger partial charge in [-0.25, -0.2) is 15.0 Å². The average Bonchev–Trinajstić information content (AvgIpc) is 3.02. The molecule has 1 aliphatic heterocycles. The molecule has 0 saturated carbocycles. The Bertz CT molecular complexity index is 1030. The van der Waals surface area contributed by atoms with Crippen LogP contribution in [0.25, 0.3) is 11.0 Å². The van der Waals surface area contributed by atoms with Crippen LogP contribution in [0.5, 0.6) is 0 Å². The molecule has 1 saturated heterocycles. The van der Waals surface area contributed by atoms with Crippen LogP contribution in [-0.2, 0) is 7.05 Å². The molecule has 0 unspecified atom stereocenters. The lowest BCUT2D eigenvalue weighted by Crippen LogP contribution is -2.47. The SMILES string of the molecule is Cc1nc(N2CCN(c3ncc(C(N)=O)cc3Cl)CC2)c2cnn(C)c2n1. The number of halogens is 1. The van der Waals surface area contributed by atoms with Crippen molar-refractivity contribution >= 4 is 40.2 Å². The highest BCUT2D eigenvalue weighted by Crippen LogP contribution is 2.28. The summed E-state index contributed by atoms with van der Waals surface area (Å²) in [6.07, 6.45) is 3.26. The largest absolute Gasteiger partial charge is 0.366 e. The maximum absolute atomic E-state index is 11.3. The third-order valence-electron chi connectivity index (χ3n) is 4.67. The van der Waals surface area contributed by atoms with E-state index >= 15 is 0 Å². The molecule has 10 heteroatoms. The summed E-state index contributed by atoms with van der Waals surface area (Å²) in [6, 6.07) is 1.56. The zero-order valence-corrected chi connectivity index (χ0v) is 15.8. The minimum atomic E-state index is -0.541. The normalized spacial score (nSPS) is 14.8. The zero-order valence-electron chi connectivity index (χ0n) is 15.1. The molecule has 1 amide bonds. The molecule has 2 N–H and O–H groups in total. The highest BCUT2D eigenvalue weighted by atomic mass is 35.5. The quantitative estimate of drug-likeness (QED) is 0.719. The van der Waals surface area contributed by atoms with Gasteiger partial charge in [-0.05, 0) is 13.0 Å². The Morgan fingerprint density at radius 2 is 1.78 bits per heavy atom. The maximum Gasteiger partial charge on any atom is 0.250 e. The number of amides is 1. The number of nitrogens with two attached hydrogens (primary N) is 1. The molecule has 0 aliphatic carbocycles. The van der Waals surface area contributed by atoms with Gasteiger partial charge in [0.15, 0.2) is 5.65 Å². The number of primary amides is 1. The van der Waals surface area contributed by atoms with Crippen molar-refractivity contribution in [2.45, 2.75) is 6.92 Å². The molecule has 0 atom stereocenters. The van der Waals surface area contributed by atoms with Crippen LogP contribution >= 0.6 is 11.6 Å². The van der Waals surface area contributed by atoms with E-state index in [0.29, 0.717) is 16.4 Å². The smallest absolute Gasteiger partial charge is 0.250 e. The van der Waals surface area contributed by atoms with E-state index < -0.39 is 5.91 Å². The third kappa shape index (κ3) is 3.14. The minimum absolute atomic E-state index is 0.304. The van der Waals surface area contributed by atoms with Crippen LogP contribution in [0, 0.1) is 6.92 Å². The van der Waals surface area contributed by atoms with Crippen molar-refractivity contribution in [2.24, 2.45) is 12.8 Å². The highest BCUT2D eigenvalue weighted by molar-refractivity contribution is 6.33. The number of hydrogen-bond acceptors (Lipinski definition) is 7. The van der Waals surface area contributed by atoms with Crippen molar-refractivity contribution in [1.29, 1.82) is 0 Å². The minimum Gasteiger partial charge on any atom is -0.366 e. The van der Waals surface area contributed by atoms with Gasteiger partial charge >= 0.3 is 0 Å². The van der Waals surface area contributed by atoms with Crippen molar-refractivity contribution in [3.63, 3.8) is 0 Å². The predicted octanol–water partition coefficient (Wildman–Crippen LogP) is 1.15. The first kappa shape index (κ1) is 17.5. The topological polar surface area (TPSA) is 106 Å². The van der Waals surface area contributed by atoms with Crippen molar-refractivity contribution in [1.82, 2.24) is 24.7 Å². The molecule has 0 radical (unpaired) electrons. The summed E-state index contributed by atoms with van der Waals surface area (Å²) in [5.41, 5.74) is 6.41. The van der Waals surface area contributed by atoms with Crippen LogP contribution in [0.3, 0.4) is 0 Å². The molecule has 3 aromatic heterocycles. The van der Waals surface area contributed by atoms with Gasteiger partial charge < -0.3 is 15.5 Å². The standard InChI is InChI=1S/C17H19ClN8O/c1-10-22-15-12(9-21-24(15)2)16(23-10)25-3-5-26(6-4-25)17-13(18)7-11(8-20-17)14(19)27/h7-9H,3-6H2,1-2H3,(H2,19,27). The average molecular weight is 387 g/mol. The molecular formula is C17H19ClN8O. The van der Waals surface area contributed by atoms with Crippen LogP contribution in [0.1, 0.15) is 16.2 Å². The van der Waals surface area contributed by atoms with Gasteiger partial charge in [0, 0.05) is 39.4 Å². The Hall–Kier alpha value is -2.94. The van der Waals surface area contributed by atoms with E-state index in [1.54, 1.807) is 16.9 Å². The monoisotopic (exact) mass is 386 g/mol. The van der Waals surface area contributed by atoms with Gasteiger partial charge in [-0.3, -0.25) is 9.48 Å². The molecule has 4 heterocycles. The summed E-state index contributed by atoms with van der Waals surface area (Å²) in [5, 5.41) is 5.67. The Kier molecular flexibility index (Phi) is 4.31. The lowest BCUT2D eigenvalue weighted by atomic mass is 10.2. The second-order valence-corrected chi connectivity index (χ2v) is 6.87. The van der Waals surface area contributed by atoms with Crippen molar-refractivity contribution in [3.05, 3.63) is 34.9 Å². The Morgan fingerprint density at radius 3 is 2.41 bits per heavy atom. The molecular weight excluding hydrogens is 368 g/mol. The number of carbonyl (C=O) groups is 1. The second kappa shape index (κ2) is 6.66. The van der Waals surface area contributed by atoms with E-state index in [4.69, 9.17) is 17.3 Å². The first-order valence-corrected chi connectivity index (χ1v) is 8.93. The van der Waals surface area contributed by atoms with Crippen molar-refractivity contribution in [3.8, 4) is 0 Å². The second-order valence-electron chi connectivity index (χ2n) is 6.47. The van der Waals surface area contributed by atoms with Crippen LogP contribution in [0.4, 0.5) is 11.6 Å². The number of hydrogen-bond donors (Lipinski definition) is 1. The summed E-state index contributed by atoms with van der Waals surface area (Å²) >= 11 is 6.30. The highest BCUT2D eigenvalue weighted by Gasteiger charge is 2.24. The Labute approximate surface area is 160 Å². The fourth-order valence-corrected chi connectivity index (χ4v) is 3.57. The van der Waals surface area contributed by atoms with Crippen LogP contribution in [-0.4, -0.2) is 56.8 Å². The van der Waals surface area contributed by atoms with Crippen molar-refractivity contribution < 1.29 is 4.79 Å². The summed E-state index contributed by atoms with van der Waals surface area (Å²) < 4.78 is 1.76. The molecule has 1 aliphatic rings. The fourth-order valence-electron chi connectivity index (χ4n) is 3.28. The number of anilines is 2. The number of piperazine rings is 1. The number of rotatable bonds is 3. The Balaban J connectivity index is 1.56. The number of pyridine rings is 1. The van der Waals surface area contributed by atoms with Gasteiger partial charge in [-0.2, -0.15) is 5.10 Å². The molecule has 0 spiro atoms. The number of aryl methyl sites for hydroxylation is 2. The fraction of sp³-hybridized carbons (Fsp3) is 0.353. The maximum atomic E-state index is 11.3. The van der Waals surface area contributed by atoms with Gasteiger partial charge in [0.05, 0.1) is 22.2 Å². The summed E-state index contributed by atoms with van der Waals surface area (Å²) in [4.78, 5) is 29.0. The zero-order chi connectivity index (χ0) is 19.1. The number of nitrogens with zero attached hydrogens (tertiary/aromatic N) is 7. The third-order valence-corrected chi connectivity index (χ3v) is 4.95. The first-order chi connectivity index (χ1) is 12.9. The molecule has 0 bridgehead atoms. The lowest BCUT2D eigenvalue weighted by molar-refractivity contribution is 0.1000. The van der Waals surface area contributed by atoms with Crippen LogP contribution in [0.2, 0.25) is 5.02 Å². The number of fused-ring (bicyclic) bond motifs is 1. The van der Waals surface area contributed by atoms with Gasteiger partial charge in [0.2, 0.25) is 5.91 Å². The van der Waals surface area contributed by atoms with E-state index in [0.717, 1.165) is 48.9 Å². The van der Waals surface area contributed by atoms with E-state index in [1.807, 2.05) is 14.0 Å². The van der Waals surface area contributed by atoms with Crippen LogP contribution < -0.4 is 15.5 Å². The van der Waals surface area contributed by atoms with Gasteiger partial charge in [0.1, 0.15) is 17.5 Å². The molecule has 27 heavy (non-hydrogen) atoms. The number of carbonyl (C=O) groups excluding carboxylic acids is 1. The summed E-state index contributed by atoms with van der Waals surface area (Å²) in [5.74, 6) is 1.73. The molecule has 9 nitrogen and oxygen atoms in total. The predicted molar refractivity (Wildman–Crippen MR) is 103 cm³/mol. The van der Waals surface area contributed by atoms with E-state index in [-0.39, 0.29) is 0 Å². The first-order valence-electron chi connectivity index (χ1n) is 8.55. The number of aromatic nitrogens is 5. The van der Waals surface area contributed by atoms with E-state index in [9.17, 15) is 4.79 Å². The molecule has 140 valence electrons. The van der Waals surface area contributed by atoms with Gasteiger partial charge in [-0.1, -0.05) is 11.6 Å². The molecule has 4 rings (SSSR count). The molecule has 3 aromatic rings. The molecule has 1 fully saturated rings. The van der Waals surface area contributed by atoms with E-state index in [1.165, 1.54) is 6.20 Å². The summed E-state index contributed by atoms with van der Waals surface area (Å²) in [7, 11) is 1.87.